The number of nitrogens with zero attached hydrogens (tertiary/aromatic N) is 4. The van der Waals surface area contributed by atoms with E-state index in [4.69, 9.17) is 5.73 Å². The van der Waals surface area contributed by atoms with Gasteiger partial charge in [0.1, 0.15) is 17.2 Å². The second-order valence-corrected chi connectivity index (χ2v) is 5.74. The van der Waals surface area contributed by atoms with Gasteiger partial charge in [-0.05, 0) is 6.92 Å². The summed E-state index contributed by atoms with van der Waals surface area (Å²) in [6.07, 6.45) is 0. The van der Waals surface area contributed by atoms with Crippen molar-refractivity contribution in [3.63, 3.8) is 0 Å². The monoisotopic (exact) mass is 297 g/mol. The van der Waals surface area contributed by atoms with Crippen LogP contribution in [0.25, 0.3) is 0 Å². The van der Waals surface area contributed by atoms with Crippen LogP contribution >= 0.6 is 11.3 Å². The number of hydrogen-bond acceptors (Lipinski definition) is 6. The zero-order valence-corrected chi connectivity index (χ0v) is 12.7. The summed E-state index contributed by atoms with van der Waals surface area (Å²) in [5.74, 6) is -0.0301. The van der Waals surface area contributed by atoms with E-state index < -0.39 is 0 Å². The standard InChI is InChI=1S/C12H19N5O2S/c1-4-15(2)12-14-10(13)9(20-12)11(19)17-6-5-16(3)8(18)7-17/h4-7,13H2,1-3H3. The maximum absolute atomic E-state index is 12.4. The Hall–Kier alpha value is -1.83. The van der Waals surface area contributed by atoms with Gasteiger partial charge in [0.15, 0.2) is 5.13 Å². The Morgan fingerprint density at radius 1 is 1.50 bits per heavy atom. The maximum atomic E-state index is 12.4. The van der Waals surface area contributed by atoms with Crippen molar-refractivity contribution < 1.29 is 9.59 Å². The number of amides is 2. The van der Waals surface area contributed by atoms with E-state index in [2.05, 4.69) is 4.98 Å². The lowest BCUT2D eigenvalue weighted by molar-refractivity contribution is -0.133. The topological polar surface area (TPSA) is 82.8 Å². The van der Waals surface area contributed by atoms with E-state index in [1.807, 2.05) is 18.9 Å². The summed E-state index contributed by atoms with van der Waals surface area (Å²) in [6.45, 7) is 3.96. The lowest BCUT2D eigenvalue weighted by atomic mass is 10.3. The van der Waals surface area contributed by atoms with Gasteiger partial charge in [-0.1, -0.05) is 11.3 Å². The number of nitrogen functional groups attached to an aromatic ring is 1. The second-order valence-electron chi connectivity index (χ2n) is 4.77. The summed E-state index contributed by atoms with van der Waals surface area (Å²) in [6, 6.07) is 0. The lowest BCUT2D eigenvalue weighted by Gasteiger charge is -2.31. The van der Waals surface area contributed by atoms with Gasteiger partial charge in [-0.25, -0.2) is 4.98 Å². The number of aromatic nitrogens is 1. The van der Waals surface area contributed by atoms with Gasteiger partial charge in [0.25, 0.3) is 5.91 Å². The third kappa shape index (κ3) is 2.69. The van der Waals surface area contributed by atoms with Crippen molar-refractivity contribution in [1.29, 1.82) is 0 Å². The molecule has 0 aromatic carbocycles. The molecule has 2 N–H and O–H groups in total. The van der Waals surface area contributed by atoms with Crippen LogP contribution in [0.2, 0.25) is 0 Å². The average molecular weight is 297 g/mol. The summed E-state index contributed by atoms with van der Waals surface area (Å²) in [5.41, 5.74) is 5.83. The molecule has 110 valence electrons. The fourth-order valence-corrected chi connectivity index (χ4v) is 2.83. The molecule has 0 bridgehead atoms. The van der Waals surface area contributed by atoms with Gasteiger partial charge in [-0.15, -0.1) is 0 Å². The van der Waals surface area contributed by atoms with Gasteiger partial charge in [-0.3, -0.25) is 9.59 Å². The summed E-state index contributed by atoms with van der Waals surface area (Å²) >= 11 is 1.27. The highest BCUT2D eigenvalue weighted by Crippen LogP contribution is 2.28. The minimum Gasteiger partial charge on any atom is -0.382 e. The number of rotatable bonds is 3. The smallest absolute Gasteiger partial charge is 0.268 e. The Labute approximate surface area is 122 Å². The van der Waals surface area contributed by atoms with Crippen LogP contribution in [0.15, 0.2) is 0 Å². The third-order valence-electron chi connectivity index (χ3n) is 3.38. The minimum atomic E-state index is -0.211. The van der Waals surface area contributed by atoms with Crippen molar-refractivity contribution >= 4 is 34.1 Å². The first kappa shape index (κ1) is 14.6. The molecule has 2 heterocycles. The molecular formula is C12H19N5O2S. The molecule has 0 aliphatic carbocycles. The zero-order valence-electron chi connectivity index (χ0n) is 11.9. The summed E-state index contributed by atoms with van der Waals surface area (Å²) < 4.78 is 0. The van der Waals surface area contributed by atoms with Gasteiger partial charge in [0.05, 0.1) is 0 Å². The van der Waals surface area contributed by atoms with Crippen LogP contribution in [0.3, 0.4) is 0 Å². The predicted molar refractivity (Wildman–Crippen MR) is 79.0 cm³/mol. The van der Waals surface area contributed by atoms with E-state index in [-0.39, 0.29) is 24.2 Å². The van der Waals surface area contributed by atoms with E-state index in [1.54, 1.807) is 11.9 Å². The number of thiazole rings is 1. The first-order valence-corrected chi connectivity index (χ1v) is 7.26. The highest BCUT2D eigenvalue weighted by Gasteiger charge is 2.28. The largest absolute Gasteiger partial charge is 0.382 e. The Bertz CT molecular complexity index is 530. The molecule has 0 atom stereocenters. The molecule has 1 fully saturated rings. The fraction of sp³-hybridized carbons (Fsp3) is 0.583. The number of anilines is 2. The number of piperazine rings is 1. The lowest BCUT2D eigenvalue weighted by Crippen LogP contribution is -2.50. The van der Waals surface area contributed by atoms with Gasteiger partial charge in [-0.2, -0.15) is 0 Å². The van der Waals surface area contributed by atoms with Crippen LogP contribution in [0.1, 0.15) is 16.6 Å². The van der Waals surface area contributed by atoms with E-state index in [1.165, 1.54) is 16.2 Å². The molecular weight excluding hydrogens is 278 g/mol. The molecule has 20 heavy (non-hydrogen) atoms. The Morgan fingerprint density at radius 3 is 2.80 bits per heavy atom. The van der Waals surface area contributed by atoms with Crippen molar-refractivity contribution in [2.45, 2.75) is 6.92 Å². The number of carbonyl (C=O) groups is 2. The normalized spacial score (nSPS) is 15.7. The summed E-state index contributed by atoms with van der Waals surface area (Å²) in [4.78, 5) is 33.8. The molecule has 1 aliphatic rings. The fourth-order valence-electron chi connectivity index (χ4n) is 1.85. The van der Waals surface area contributed by atoms with Crippen LogP contribution in [0.4, 0.5) is 10.9 Å². The number of carbonyl (C=O) groups excluding carboxylic acids is 2. The molecule has 2 rings (SSSR count). The molecule has 1 aromatic heterocycles. The average Bonchev–Trinajstić information content (AvgIpc) is 2.82. The zero-order chi connectivity index (χ0) is 14.9. The number of nitrogens with two attached hydrogens (primary N) is 1. The maximum Gasteiger partial charge on any atom is 0.268 e. The molecule has 2 amide bonds. The molecule has 1 aromatic rings. The Morgan fingerprint density at radius 2 is 2.20 bits per heavy atom. The molecule has 0 saturated carbocycles. The highest BCUT2D eigenvalue weighted by atomic mass is 32.1. The van der Waals surface area contributed by atoms with Crippen molar-refractivity contribution in [2.24, 2.45) is 0 Å². The first-order chi connectivity index (χ1) is 9.43. The van der Waals surface area contributed by atoms with Crippen LogP contribution in [-0.2, 0) is 4.79 Å². The molecule has 7 nitrogen and oxygen atoms in total. The minimum absolute atomic E-state index is 0.0569. The van der Waals surface area contributed by atoms with Gasteiger partial charge in [0, 0.05) is 33.7 Å². The van der Waals surface area contributed by atoms with Crippen LogP contribution < -0.4 is 10.6 Å². The van der Waals surface area contributed by atoms with E-state index >= 15 is 0 Å². The Balaban J connectivity index is 2.17. The predicted octanol–water partition coefficient (Wildman–Crippen LogP) is 0.0956. The quantitative estimate of drug-likeness (QED) is 0.855. The molecule has 8 heteroatoms. The second kappa shape index (κ2) is 5.66. The van der Waals surface area contributed by atoms with Gasteiger partial charge < -0.3 is 20.4 Å². The third-order valence-corrected chi connectivity index (χ3v) is 4.56. The summed E-state index contributed by atoms with van der Waals surface area (Å²) in [7, 11) is 3.63. The van der Waals surface area contributed by atoms with Crippen molar-refractivity contribution in [1.82, 2.24) is 14.8 Å². The van der Waals surface area contributed by atoms with Crippen molar-refractivity contribution in [2.75, 3.05) is 50.9 Å². The van der Waals surface area contributed by atoms with Crippen molar-refractivity contribution in [3.05, 3.63) is 4.88 Å². The SMILES string of the molecule is CCN(C)c1nc(N)c(C(=O)N2CCN(C)C(=O)C2)s1. The highest BCUT2D eigenvalue weighted by molar-refractivity contribution is 7.18. The molecule has 0 spiro atoms. The van der Waals surface area contributed by atoms with E-state index in [9.17, 15) is 9.59 Å². The first-order valence-electron chi connectivity index (χ1n) is 6.44. The number of hydrogen-bond donors (Lipinski definition) is 1. The Kier molecular flexibility index (Phi) is 4.12. The molecule has 0 radical (unpaired) electrons. The van der Waals surface area contributed by atoms with E-state index in [0.29, 0.717) is 23.1 Å². The van der Waals surface area contributed by atoms with Gasteiger partial charge in [0.2, 0.25) is 5.91 Å². The van der Waals surface area contributed by atoms with Crippen molar-refractivity contribution in [3.8, 4) is 0 Å². The van der Waals surface area contributed by atoms with Crippen LogP contribution in [0.5, 0.6) is 0 Å². The van der Waals surface area contributed by atoms with Crippen LogP contribution in [0, 0.1) is 0 Å². The van der Waals surface area contributed by atoms with Crippen LogP contribution in [-0.4, -0.2) is 66.9 Å². The molecule has 1 aliphatic heterocycles. The van der Waals surface area contributed by atoms with E-state index in [0.717, 1.165) is 6.54 Å². The molecule has 0 unspecified atom stereocenters. The number of likely N-dealkylation sites (N-methyl/N-ethyl adjacent to an activating group) is 1. The summed E-state index contributed by atoms with van der Waals surface area (Å²) in [5, 5.41) is 0.716. The molecule has 1 saturated heterocycles. The van der Waals surface area contributed by atoms with Gasteiger partial charge >= 0.3 is 0 Å².